The van der Waals surface area contributed by atoms with E-state index in [0.717, 1.165) is 20.2 Å². The van der Waals surface area contributed by atoms with Crippen molar-refractivity contribution in [2.75, 3.05) is 26.5 Å². The van der Waals surface area contributed by atoms with E-state index < -0.39 is 0 Å². The standard InChI is InChI=1S/C17H21N3O4S3/c1-23-13-7-5-12(6-8-13)10-25-16-19-20-17(27-16)26-11-14(21)18-9-3-4-15(22)24-2/h5-8H,3-4,9-11H2,1-2H3,(H,18,21). The zero-order valence-corrected chi connectivity index (χ0v) is 17.5. The molecular weight excluding hydrogens is 406 g/mol. The Bertz CT molecular complexity index is 737. The van der Waals surface area contributed by atoms with Crippen molar-refractivity contribution in [2.24, 2.45) is 0 Å². The number of nitrogens with one attached hydrogen (secondary N) is 1. The first-order valence-corrected chi connectivity index (χ1v) is 10.9. The summed E-state index contributed by atoms with van der Waals surface area (Å²) in [6, 6.07) is 7.91. The number of rotatable bonds is 11. The summed E-state index contributed by atoms with van der Waals surface area (Å²) in [5.41, 5.74) is 1.18. The molecule has 0 spiro atoms. The highest BCUT2D eigenvalue weighted by Gasteiger charge is 2.09. The van der Waals surface area contributed by atoms with Crippen molar-refractivity contribution in [3.05, 3.63) is 29.8 Å². The zero-order chi connectivity index (χ0) is 19.5. The van der Waals surface area contributed by atoms with Gasteiger partial charge in [0.1, 0.15) is 5.75 Å². The number of ether oxygens (including phenoxy) is 2. The van der Waals surface area contributed by atoms with Gasteiger partial charge in [0.2, 0.25) is 5.91 Å². The number of aromatic nitrogens is 2. The minimum absolute atomic E-state index is 0.0903. The van der Waals surface area contributed by atoms with Gasteiger partial charge in [-0.15, -0.1) is 10.2 Å². The number of methoxy groups -OCH3 is 2. The molecule has 0 bridgehead atoms. The van der Waals surface area contributed by atoms with Gasteiger partial charge in [-0.05, 0) is 24.1 Å². The Labute approximate surface area is 170 Å². The molecule has 0 saturated carbocycles. The molecule has 0 saturated heterocycles. The molecule has 2 rings (SSSR count). The molecular formula is C17H21N3O4S3. The Morgan fingerprint density at radius 3 is 2.48 bits per heavy atom. The highest BCUT2D eigenvalue weighted by Crippen LogP contribution is 2.30. The lowest BCUT2D eigenvalue weighted by Gasteiger charge is -2.03. The van der Waals surface area contributed by atoms with Crippen LogP contribution in [-0.2, 0) is 20.1 Å². The summed E-state index contributed by atoms with van der Waals surface area (Å²) in [6.07, 6.45) is 0.864. The van der Waals surface area contributed by atoms with E-state index in [1.807, 2.05) is 24.3 Å². The van der Waals surface area contributed by atoms with E-state index in [1.165, 1.54) is 35.8 Å². The molecule has 0 radical (unpaired) electrons. The molecule has 1 N–H and O–H groups in total. The van der Waals surface area contributed by atoms with Gasteiger partial charge in [0, 0.05) is 18.7 Å². The average molecular weight is 428 g/mol. The van der Waals surface area contributed by atoms with E-state index in [9.17, 15) is 9.59 Å². The monoisotopic (exact) mass is 427 g/mol. The Hall–Kier alpha value is -1.78. The van der Waals surface area contributed by atoms with Crippen LogP contribution in [0, 0.1) is 0 Å². The molecule has 0 aliphatic carbocycles. The van der Waals surface area contributed by atoms with Crippen LogP contribution in [0.5, 0.6) is 5.75 Å². The van der Waals surface area contributed by atoms with Gasteiger partial charge in [-0.25, -0.2) is 0 Å². The lowest BCUT2D eigenvalue weighted by Crippen LogP contribution is -2.26. The number of amides is 1. The van der Waals surface area contributed by atoms with Gasteiger partial charge >= 0.3 is 5.97 Å². The molecule has 1 amide bonds. The van der Waals surface area contributed by atoms with Gasteiger partial charge in [-0.3, -0.25) is 9.59 Å². The Morgan fingerprint density at radius 2 is 1.81 bits per heavy atom. The van der Waals surface area contributed by atoms with Crippen molar-refractivity contribution in [3.63, 3.8) is 0 Å². The van der Waals surface area contributed by atoms with Crippen LogP contribution < -0.4 is 10.1 Å². The molecule has 10 heteroatoms. The third kappa shape index (κ3) is 8.19. The van der Waals surface area contributed by atoms with Gasteiger partial charge in [-0.2, -0.15) is 0 Å². The van der Waals surface area contributed by atoms with E-state index in [2.05, 4.69) is 20.3 Å². The molecule has 146 valence electrons. The summed E-state index contributed by atoms with van der Waals surface area (Å²) < 4.78 is 11.3. The van der Waals surface area contributed by atoms with E-state index in [0.29, 0.717) is 19.4 Å². The normalized spacial score (nSPS) is 10.4. The smallest absolute Gasteiger partial charge is 0.305 e. The van der Waals surface area contributed by atoms with Gasteiger partial charge in [0.15, 0.2) is 8.68 Å². The Kier molecular flexibility index (Phi) is 9.43. The summed E-state index contributed by atoms with van der Waals surface area (Å²) in [5, 5.41) is 11.0. The minimum Gasteiger partial charge on any atom is -0.497 e. The maximum absolute atomic E-state index is 11.8. The van der Waals surface area contributed by atoms with Crippen molar-refractivity contribution < 1.29 is 19.1 Å². The molecule has 27 heavy (non-hydrogen) atoms. The topological polar surface area (TPSA) is 90.4 Å². The van der Waals surface area contributed by atoms with Crippen molar-refractivity contribution in [2.45, 2.75) is 27.3 Å². The third-order valence-corrected chi connectivity index (χ3v) is 6.60. The molecule has 1 aromatic carbocycles. The van der Waals surface area contributed by atoms with Crippen LogP contribution in [0.15, 0.2) is 32.9 Å². The number of hydrogen-bond donors (Lipinski definition) is 1. The first-order valence-electron chi connectivity index (χ1n) is 8.16. The quantitative estimate of drug-likeness (QED) is 0.332. The van der Waals surface area contributed by atoms with Crippen LogP contribution in [0.25, 0.3) is 0 Å². The maximum atomic E-state index is 11.8. The number of hydrogen-bond acceptors (Lipinski definition) is 9. The van der Waals surface area contributed by atoms with E-state index >= 15 is 0 Å². The van der Waals surface area contributed by atoms with Crippen LogP contribution in [0.4, 0.5) is 0 Å². The van der Waals surface area contributed by atoms with Gasteiger partial charge in [0.05, 0.1) is 20.0 Å². The zero-order valence-electron chi connectivity index (χ0n) is 15.1. The average Bonchev–Trinajstić information content (AvgIpc) is 3.16. The predicted molar refractivity (Wildman–Crippen MR) is 107 cm³/mol. The largest absolute Gasteiger partial charge is 0.497 e. The molecule has 1 aromatic heterocycles. The fourth-order valence-electron chi connectivity index (χ4n) is 1.92. The molecule has 0 atom stereocenters. The van der Waals surface area contributed by atoms with Crippen molar-refractivity contribution >= 4 is 46.7 Å². The summed E-state index contributed by atoms with van der Waals surface area (Å²) in [7, 11) is 3.00. The second-order valence-electron chi connectivity index (χ2n) is 5.29. The molecule has 1 heterocycles. The van der Waals surface area contributed by atoms with E-state index in [-0.39, 0.29) is 17.6 Å². The summed E-state index contributed by atoms with van der Waals surface area (Å²) in [5.74, 6) is 1.54. The molecule has 7 nitrogen and oxygen atoms in total. The van der Waals surface area contributed by atoms with Crippen LogP contribution in [0.3, 0.4) is 0 Å². The minimum atomic E-state index is -0.271. The van der Waals surface area contributed by atoms with Crippen molar-refractivity contribution in [3.8, 4) is 5.75 Å². The number of esters is 1. The predicted octanol–water partition coefficient (Wildman–Crippen LogP) is 3.00. The first-order chi connectivity index (χ1) is 13.1. The van der Waals surface area contributed by atoms with Gasteiger partial charge in [-0.1, -0.05) is 47.0 Å². The number of benzene rings is 1. The molecule has 0 aliphatic heterocycles. The summed E-state index contributed by atoms with van der Waals surface area (Å²) in [4.78, 5) is 22.8. The lowest BCUT2D eigenvalue weighted by molar-refractivity contribution is -0.140. The SMILES string of the molecule is COC(=O)CCCNC(=O)CSc1nnc(SCc2ccc(OC)cc2)s1. The number of thioether (sulfide) groups is 2. The Balaban J connectivity index is 1.66. The van der Waals surface area contributed by atoms with Crippen molar-refractivity contribution in [1.82, 2.24) is 15.5 Å². The molecule has 0 unspecified atom stereocenters. The fraction of sp³-hybridized carbons (Fsp3) is 0.412. The molecule has 0 fully saturated rings. The van der Waals surface area contributed by atoms with Crippen LogP contribution in [0.1, 0.15) is 18.4 Å². The summed E-state index contributed by atoms with van der Waals surface area (Å²) >= 11 is 4.44. The first kappa shape index (κ1) is 21.5. The van der Waals surface area contributed by atoms with Gasteiger partial charge in [0.25, 0.3) is 0 Å². The van der Waals surface area contributed by atoms with Crippen molar-refractivity contribution in [1.29, 1.82) is 0 Å². The molecule has 0 aliphatic rings. The number of nitrogens with zero attached hydrogens (tertiary/aromatic N) is 2. The van der Waals surface area contributed by atoms with Crippen LogP contribution in [-0.4, -0.2) is 48.6 Å². The van der Waals surface area contributed by atoms with E-state index in [4.69, 9.17) is 4.74 Å². The van der Waals surface area contributed by atoms with Gasteiger partial charge < -0.3 is 14.8 Å². The second kappa shape index (κ2) is 11.8. The second-order valence-corrected chi connectivity index (χ2v) is 8.71. The highest BCUT2D eigenvalue weighted by atomic mass is 32.2. The fourth-order valence-corrected chi connectivity index (χ4v) is 4.73. The third-order valence-electron chi connectivity index (χ3n) is 3.34. The number of carbonyl (C=O) groups excluding carboxylic acids is 2. The van der Waals surface area contributed by atoms with Crippen LogP contribution >= 0.6 is 34.9 Å². The van der Waals surface area contributed by atoms with Crippen LogP contribution in [0.2, 0.25) is 0 Å². The van der Waals surface area contributed by atoms with E-state index in [1.54, 1.807) is 18.9 Å². The maximum Gasteiger partial charge on any atom is 0.305 e. The Morgan fingerprint density at radius 1 is 1.11 bits per heavy atom. The number of carbonyl (C=O) groups is 2. The highest BCUT2D eigenvalue weighted by molar-refractivity contribution is 8.03. The molecule has 2 aromatic rings. The lowest BCUT2D eigenvalue weighted by atomic mass is 10.2. The summed E-state index contributed by atoms with van der Waals surface area (Å²) in [6.45, 7) is 0.452.